The highest BCUT2D eigenvalue weighted by Crippen LogP contribution is 2.29. The summed E-state index contributed by atoms with van der Waals surface area (Å²) in [6.45, 7) is 0.500. The standard InChI is InChI=1S/C23H20F2N2O/c1-27-21-9-7-18(25)14-20(21)19-8-4-16(12-22(19)27)13-23(28)26-11-10-15-2-5-17(24)6-3-15/h2-9,12,14H,10-11,13H2,1H3,(H,26,28). The number of carbonyl (C=O) groups is 1. The Labute approximate surface area is 161 Å². The number of nitrogens with one attached hydrogen (secondary N) is 1. The number of carbonyl (C=O) groups excluding carboxylic acids is 1. The summed E-state index contributed by atoms with van der Waals surface area (Å²) >= 11 is 0. The first-order valence-electron chi connectivity index (χ1n) is 9.19. The number of halogens is 2. The van der Waals surface area contributed by atoms with Gasteiger partial charge in [0.2, 0.25) is 5.91 Å². The second-order valence-corrected chi connectivity index (χ2v) is 6.98. The van der Waals surface area contributed by atoms with Crippen LogP contribution in [0.3, 0.4) is 0 Å². The number of aryl methyl sites for hydroxylation is 1. The molecular weight excluding hydrogens is 358 g/mol. The maximum absolute atomic E-state index is 13.6. The summed E-state index contributed by atoms with van der Waals surface area (Å²) in [6, 6.07) is 16.9. The van der Waals surface area contributed by atoms with E-state index in [1.165, 1.54) is 18.2 Å². The van der Waals surface area contributed by atoms with Crippen LogP contribution >= 0.6 is 0 Å². The van der Waals surface area contributed by atoms with E-state index in [2.05, 4.69) is 5.32 Å². The summed E-state index contributed by atoms with van der Waals surface area (Å²) < 4.78 is 28.5. The molecule has 4 aromatic rings. The highest BCUT2D eigenvalue weighted by atomic mass is 19.1. The van der Waals surface area contributed by atoms with Crippen LogP contribution in [0.4, 0.5) is 8.78 Å². The maximum atomic E-state index is 13.6. The molecule has 0 atom stereocenters. The molecular formula is C23H20F2N2O. The van der Waals surface area contributed by atoms with Crippen LogP contribution in [0, 0.1) is 11.6 Å². The molecule has 1 N–H and O–H groups in total. The minimum atomic E-state index is -0.265. The molecule has 4 rings (SSSR count). The Balaban J connectivity index is 1.45. The van der Waals surface area contributed by atoms with Gasteiger partial charge in [-0.3, -0.25) is 4.79 Å². The summed E-state index contributed by atoms with van der Waals surface area (Å²) in [7, 11) is 1.94. The molecule has 28 heavy (non-hydrogen) atoms. The van der Waals surface area contributed by atoms with E-state index in [4.69, 9.17) is 0 Å². The van der Waals surface area contributed by atoms with Crippen LogP contribution in [0.5, 0.6) is 0 Å². The summed E-state index contributed by atoms with van der Waals surface area (Å²) in [6.07, 6.45) is 0.926. The average molecular weight is 378 g/mol. The minimum absolute atomic E-state index is 0.0636. The van der Waals surface area contributed by atoms with E-state index >= 15 is 0 Å². The van der Waals surface area contributed by atoms with Gasteiger partial charge in [0, 0.05) is 35.4 Å². The van der Waals surface area contributed by atoms with Gasteiger partial charge in [-0.2, -0.15) is 0 Å². The second-order valence-electron chi connectivity index (χ2n) is 6.98. The highest BCUT2D eigenvalue weighted by molar-refractivity contribution is 6.08. The molecule has 0 aliphatic heterocycles. The number of hydrogen-bond acceptors (Lipinski definition) is 1. The molecule has 0 saturated heterocycles. The van der Waals surface area contributed by atoms with Gasteiger partial charge in [-0.1, -0.05) is 24.3 Å². The third-order valence-electron chi connectivity index (χ3n) is 5.05. The van der Waals surface area contributed by atoms with Crippen molar-refractivity contribution < 1.29 is 13.6 Å². The van der Waals surface area contributed by atoms with Gasteiger partial charge >= 0.3 is 0 Å². The molecule has 0 radical (unpaired) electrons. The van der Waals surface area contributed by atoms with Crippen LogP contribution in [0.15, 0.2) is 60.7 Å². The largest absolute Gasteiger partial charge is 0.355 e. The Bertz CT molecular complexity index is 1160. The summed E-state index contributed by atoms with van der Waals surface area (Å²) in [5.74, 6) is -0.588. The zero-order valence-corrected chi connectivity index (χ0v) is 15.5. The van der Waals surface area contributed by atoms with E-state index in [-0.39, 0.29) is 24.0 Å². The minimum Gasteiger partial charge on any atom is -0.355 e. The third kappa shape index (κ3) is 3.60. The predicted octanol–water partition coefficient (Wildman–Crippen LogP) is 4.51. The fourth-order valence-corrected chi connectivity index (χ4v) is 3.58. The van der Waals surface area contributed by atoms with Crippen LogP contribution in [0.1, 0.15) is 11.1 Å². The summed E-state index contributed by atoms with van der Waals surface area (Å²) in [5.41, 5.74) is 3.80. The normalized spacial score (nSPS) is 11.2. The van der Waals surface area contributed by atoms with Crippen molar-refractivity contribution in [3.63, 3.8) is 0 Å². The Morgan fingerprint density at radius 2 is 1.57 bits per heavy atom. The van der Waals surface area contributed by atoms with Gasteiger partial charge < -0.3 is 9.88 Å². The van der Waals surface area contributed by atoms with E-state index in [0.29, 0.717) is 13.0 Å². The van der Waals surface area contributed by atoms with Gasteiger partial charge in [0.1, 0.15) is 11.6 Å². The van der Waals surface area contributed by atoms with Crippen molar-refractivity contribution in [2.45, 2.75) is 12.8 Å². The number of amides is 1. The van der Waals surface area contributed by atoms with Gasteiger partial charge in [0.25, 0.3) is 0 Å². The van der Waals surface area contributed by atoms with Gasteiger partial charge in [-0.25, -0.2) is 8.78 Å². The average Bonchev–Trinajstić information content (AvgIpc) is 2.95. The molecule has 0 fully saturated rings. The lowest BCUT2D eigenvalue weighted by Gasteiger charge is -2.06. The van der Waals surface area contributed by atoms with Gasteiger partial charge in [-0.05, 0) is 53.9 Å². The fraction of sp³-hybridized carbons (Fsp3) is 0.174. The zero-order valence-electron chi connectivity index (χ0n) is 15.5. The van der Waals surface area contributed by atoms with Crippen molar-refractivity contribution >= 4 is 27.7 Å². The van der Waals surface area contributed by atoms with E-state index in [0.717, 1.165) is 32.9 Å². The lowest BCUT2D eigenvalue weighted by atomic mass is 10.1. The number of aromatic nitrogens is 1. The van der Waals surface area contributed by atoms with Gasteiger partial charge in [-0.15, -0.1) is 0 Å². The monoisotopic (exact) mass is 378 g/mol. The van der Waals surface area contributed by atoms with Crippen LogP contribution in [-0.4, -0.2) is 17.0 Å². The zero-order chi connectivity index (χ0) is 19.7. The lowest BCUT2D eigenvalue weighted by Crippen LogP contribution is -2.27. The molecule has 1 heterocycles. The van der Waals surface area contributed by atoms with Crippen molar-refractivity contribution in [3.05, 3.63) is 83.4 Å². The molecule has 0 saturated carbocycles. The molecule has 1 aromatic heterocycles. The number of nitrogens with zero attached hydrogens (tertiary/aromatic N) is 1. The van der Waals surface area contributed by atoms with Crippen LogP contribution in [0.25, 0.3) is 21.8 Å². The quantitative estimate of drug-likeness (QED) is 0.545. The van der Waals surface area contributed by atoms with Crippen molar-refractivity contribution in [1.82, 2.24) is 9.88 Å². The molecule has 1 amide bonds. The highest BCUT2D eigenvalue weighted by Gasteiger charge is 2.11. The van der Waals surface area contributed by atoms with Crippen molar-refractivity contribution in [3.8, 4) is 0 Å². The van der Waals surface area contributed by atoms with Crippen molar-refractivity contribution in [2.24, 2.45) is 7.05 Å². The van der Waals surface area contributed by atoms with Crippen LogP contribution in [0.2, 0.25) is 0 Å². The van der Waals surface area contributed by atoms with E-state index in [1.807, 2.05) is 29.8 Å². The van der Waals surface area contributed by atoms with E-state index in [9.17, 15) is 13.6 Å². The lowest BCUT2D eigenvalue weighted by molar-refractivity contribution is -0.120. The molecule has 3 aromatic carbocycles. The molecule has 142 valence electrons. The Hall–Kier alpha value is -3.21. The molecule has 3 nitrogen and oxygen atoms in total. The SMILES string of the molecule is Cn1c2ccc(F)cc2c2ccc(CC(=O)NCCc3ccc(F)cc3)cc21. The first kappa shape index (κ1) is 18.2. The fourth-order valence-electron chi connectivity index (χ4n) is 3.58. The molecule has 0 aliphatic rings. The molecule has 0 aliphatic carbocycles. The van der Waals surface area contributed by atoms with Gasteiger partial charge in [0.15, 0.2) is 0 Å². The van der Waals surface area contributed by atoms with E-state index in [1.54, 1.807) is 24.3 Å². The predicted molar refractivity (Wildman–Crippen MR) is 107 cm³/mol. The Morgan fingerprint density at radius 3 is 2.36 bits per heavy atom. The molecule has 0 spiro atoms. The molecule has 0 bridgehead atoms. The Kier molecular flexibility index (Phi) is 4.82. The van der Waals surface area contributed by atoms with Gasteiger partial charge in [0.05, 0.1) is 6.42 Å². The maximum Gasteiger partial charge on any atom is 0.224 e. The summed E-state index contributed by atoms with van der Waals surface area (Å²) in [5, 5.41) is 4.74. The first-order chi connectivity index (χ1) is 13.5. The first-order valence-corrected chi connectivity index (χ1v) is 9.19. The Morgan fingerprint density at radius 1 is 0.857 bits per heavy atom. The van der Waals surface area contributed by atoms with Crippen LogP contribution < -0.4 is 5.32 Å². The topological polar surface area (TPSA) is 34.0 Å². The number of benzene rings is 3. The number of hydrogen-bond donors (Lipinski definition) is 1. The molecule has 5 heteroatoms. The summed E-state index contributed by atoms with van der Waals surface area (Å²) in [4.78, 5) is 12.3. The third-order valence-corrected chi connectivity index (χ3v) is 5.05. The smallest absolute Gasteiger partial charge is 0.224 e. The van der Waals surface area contributed by atoms with E-state index < -0.39 is 0 Å². The van der Waals surface area contributed by atoms with Crippen LogP contribution in [-0.2, 0) is 24.7 Å². The van der Waals surface area contributed by atoms with Crippen molar-refractivity contribution in [1.29, 1.82) is 0 Å². The second kappa shape index (κ2) is 7.43. The van der Waals surface area contributed by atoms with Crippen molar-refractivity contribution in [2.75, 3.05) is 6.54 Å². The number of rotatable bonds is 5. The number of fused-ring (bicyclic) bond motifs is 3. The molecule has 0 unspecified atom stereocenters.